The Hall–Kier alpha value is -2.80. The van der Waals surface area contributed by atoms with Crippen LogP contribution in [0.5, 0.6) is 0 Å². The highest BCUT2D eigenvalue weighted by molar-refractivity contribution is 9.10. The molecule has 0 aliphatic carbocycles. The van der Waals surface area contributed by atoms with Gasteiger partial charge in [-0.2, -0.15) is 9.62 Å². The molecule has 0 spiro atoms. The average Bonchev–Trinajstić information content (AvgIpc) is 3.04. The van der Waals surface area contributed by atoms with Crippen LogP contribution in [-0.2, 0) is 0 Å². The number of halogens is 1. The van der Waals surface area contributed by atoms with Crippen LogP contribution in [0.1, 0.15) is 5.56 Å². The van der Waals surface area contributed by atoms with Crippen LogP contribution in [0.4, 0.5) is 5.82 Å². The molecule has 4 aromatic rings. The van der Waals surface area contributed by atoms with E-state index in [1.165, 1.54) is 0 Å². The van der Waals surface area contributed by atoms with Crippen LogP contribution in [0.3, 0.4) is 0 Å². The maximum absolute atomic E-state index is 4.47. The molecule has 112 valence electrons. The molecule has 0 saturated heterocycles. The van der Waals surface area contributed by atoms with Crippen molar-refractivity contribution in [3.63, 3.8) is 0 Å². The summed E-state index contributed by atoms with van der Waals surface area (Å²) >= 11 is 3.44. The maximum Gasteiger partial charge on any atom is 0.185 e. The second kappa shape index (κ2) is 5.77. The lowest BCUT2D eigenvalue weighted by Gasteiger charge is -2.05. The third-order valence-corrected chi connectivity index (χ3v) is 3.89. The van der Waals surface area contributed by atoms with E-state index >= 15 is 0 Å². The average molecular weight is 367 g/mol. The minimum atomic E-state index is 0.652. The minimum Gasteiger partial charge on any atom is -0.259 e. The van der Waals surface area contributed by atoms with Crippen LogP contribution in [0.15, 0.2) is 64.4 Å². The van der Waals surface area contributed by atoms with E-state index in [1.807, 2.05) is 48.5 Å². The summed E-state index contributed by atoms with van der Waals surface area (Å²) in [6.45, 7) is 0. The summed E-state index contributed by atoms with van der Waals surface area (Å²) in [6, 6.07) is 15.8. The van der Waals surface area contributed by atoms with Gasteiger partial charge >= 0.3 is 0 Å². The summed E-state index contributed by atoms with van der Waals surface area (Å²) < 4.78 is 2.65. The molecule has 0 fully saturated rings. The molecule has 0 aliphatic rings. The number of anilines is 1. The molecule has 1 N–H and O–H groups in total. The van der Waals surface area contributed by atoms with Gasteiger partial charge in [-0.1, -0.05) is 52.3 Å². The van der Waals surface area contributed by atoms with Crippen LogP contribution in [0.25, 0.3) is 16.4 Å². The second-order valence-electron chi connectivity index (χ2n) is 4.92. The van der Waals surface area contributed by atoms with Crippen molar-refractivity contribution in [1.29, 1.82) is 0 Å². The van der Waals surface area contributed by atoms with Gasteiger partial charge in [-0.3, -0.25) is 5.43 Å². The molecule has 2 aromatic heterocycles. The molecule has 23 heavy (non-hydrogen) atoms. The largest absolute Gasteiger partial charge is 0.259 e. The fraction of sp³-hybridized carbons (Fsp3) is 0. The zero-order chi connectivity index (χ0) is 15.6. The number of rotatable bonds is 3. The highest BCUT2D eigenvalue weighted by Crippen LogP contribution is 2.23. The Bertz CT molecular complexity index is 1020. The Morgan fingerprint density at radius 1 is 1.09 bits per heavy atom. The Kier molecular flexibility index (Phi) is 3.47. The van der Waals surface area contributed by atoms with E-state index in [1.54, 1.807) is 17.1 Å². The van der Waals surface area contributed by atoms with Gasteiger partial charge in [0, 0.05) is 15.2 Å². The predicted octanol–water partition coefficient (Wildman–Crippen LogP) is 3.49. The maximum atomic E-state index is 4.47. The summed E-state index contributed by atoms with van der Waals surface area (Å²) in [5.74, 6) is 0.652. The van der Waals surface area contributed by atoms with Gasteiger partial charge in [0.25, 0.3) is 0 Å². The number of aromatic nitrogens is 4. The topological polar surface area (TPSA) is 67.5 Å². The number of nitrogens with zero attached hydrogens (tertiary/aromatic N) is 5. The molecule has 0 radical (unpaired) electrons. The quantitative estimate of drug-likeness (QED) is 0.445. The van der Waals surface area contributed by atoms with Crippen LogP contribution >= 0.6 is 15.9 Å². The fourth-order valence-electron chi connectivity index (χ4n) is 2.36. The molecule has 7 heteroatoms. The third kappa shape index (κ3) is 2.66. The zero-order valence-corrected chi connectivity index (χ0v) is 13.5. The van der Waals surface area contributed by atoms with Crippen molar-refractivity contribution in [3.8, 4) is 0 Å². The number of hydrazone groups is 1. The minimum absolute atomic E-state index is 0.652. The third-order valence-electron chi connectivity index (χ3n) is 3.39. The first-order valence-corrected chi connectivity index (χ1v) is 7.74. The molecule has 6 nitrogen and oxygen atoms in total. The number of benzene rings is 2. The summed E-state index contributed by atoms with van der Waals surface area (Å²) in [7, 11) is 0. The van der Waals surface area contributed by atoms with Crippen LogP contribution in [0.2, 0.25) is 0 Å². The van der Waals surface area contributed by atoms with Gasteiger partial charge in [-0.05, 0) is 17.7 Å². The highest BCUT2D eigenvalue weighted by atomic mass is 79.9. The van der Waals surface area contributed by atoms with Crippen molar-refractivity contribution in [2.24, 2.45) is 5.10 Å². The van der Waals surface area contributed by atoms with E-state index in [-0.39, 0.29) is 0 Å². The van der Waals surface area contributed by atoms with Gasteiger partial charge in [0.2, 0.25) is 0 Å². The highest BCUT2D eigenvalue weighted by Gasteiger charge is 2.08. The molecule has 0 saturated carbocycles. The number of hydrogen-bond acceptors (Lipinski definition) is 5. The van der Waals surface area contributed by atoms with Crippen molar-refractivity contribution < 1.29 is 0 Å². The molecule has 0 amide bonds. The van der Waals surface area contributed by atoms with Gasteiger partial charge in [0.1, 0.15) is 6.33 Å². The SMILES string of the molecule is Brc1cccc(C=NNc2nn3cnnc3c3ccccc23)c1. The Morgan fingerprint density at radius 2 is 1.96 bits per heavy atom. The van der Waals surface area contributed by atoms with Crippen molar-refractivity contribution >= 4 is 44.4 Å². The zero-order valence-electron chi connectivity index (χ0n) is 11.9. The fourth-order valence-corrected chi connectivity index (χ4v) is 2.78. The molecule has 0 bridgehead atoms. The van der Waals surface area contributed by atoms with Crippen molar-refractivity contribution in [2.75, 3.05) is 5.43 Å². The van der Waals surface area contributed by atoms with E-state index in [0.29, 0.717) is 5.82 Å². The van der Waals surface area contributed by atoms with Gasteiger partial charge in [-0.25, -0.2) is 0 Å². The lowest BCUT2D eigenvalue weighted by atomic mass is 10.2. The molecular weight excluding hydrogens is 356 g/mol. The molecule has 0 atom stereocenters. The molecule has 2 aromatic carbocycles. The lowest BCUT2D eigenvalue weighted by molar-refractivity contribution is 0.934. The number of nitrogens with one attached hydrogen (secondary N) is 1. The van der Waals surface area contributed by atoms with Crippen LogP contribution in [0, 0.1) is 0 Å². The van der Waals surface area contributed by atoms with Crippen molar-refractivity contribution in [3.05, 3.63) is 64.9 Å². The Balaban J connectivity index is 1.73. The van der Waals surface area contributed by atoms with Gasteiger partial charge in [0.15, 0.2) is 11.5 Å². The van der Waals surface area contributed by atoms with Gasteiger partial charge in [0.05, 0.1) is 6.21 Å². The summed E-state index contributed by atoms with van der Waals surface area (Å²) in [6.07, 6.45) is 3.32. The standard InChI is InChI=1S/C16H11BrN6/c17-12-5-3-4-11(8-12)9-18-20-15-13-6-1-2-7-14(13)16-21-19-10-23(16)22-15/h1-10H,(H,20,22). The van der Waals surface area contributed by atoms with E-state index in [0.717, 1.165) is 26.5 Å². The summed E-state index contributed by atoms with van der Waals surface area (Å²) in [5, 5.41) is 18.7. The van der Waals surface area contributed by atoms with Gasteiger partial charge < -0.3 is 0 Å². The smallest absolute Gasteiger partial charge is 0.185 e. The van der Waals surface area contributed by atoms with E-state index in [4.69, 9.17) is 0 Å². The first-order chi connectivity index (χ1) is 11.3. The number of hydrogen-bond donors (Lipinski definition) is 1. The predicted molar refractivity (Wildman–Crippen MR) is 93.6 cm³/mol. The molecule has 4 rings (SSSR count). The first-order valence-electron chi connectivity index (χ1n) is 6.95. The molecule has 0 unspecified atom stereocenters. The Morgan fingerprint density at radius 3 is 2.83 bits per heavy atom. The van der Waals surface area contributed by atoms with Crippen molar-refractivity contribution in [2.45, 2.75) is 0 Å². The van der Waals surface area contributed by atoms with Crippen LogP contribution < -0.4 is 5.43 Å². The first kappa shape index (κ1) is 13.8. The normalized spacial score (nSPS) is 11.5. The van der Waals surface area contributed by atoms with Crippen LogP contribution in [-0.4, -0.2) is 26.0 Å². The van der Waals surface area contributed by atoms with E-state index in [2.05, 4.69) is 41.8 Å². The summed E-state index contributed by atoms with van der Waals surface area (Å²) in [4.78, 5) is 0. The number of fused-ring (bicyclic) bond motifs is 3. The second-order valence-corrected chi connectivity index (χ2v) is 5.83. The molecule has 2 heterocycles. The van der Waals surface area contributed by atoms with E-state index < -0.39 is 0 Å². The van der Waals surface area contributed by atoms with E-state index in [9.17, 15) is 0 Å². The lowest BCUT2D eigenvalue weighted by Crippen LogP contribution is -2.00. The van der Waals surface area contributed by atoms with Gasteiger partial charge in [-0.15, -0.1) is 15.3 Å². The molecular formula is C16H11BrN6. The van der Waals surface area contributed by atoms with Crippen molar-refractivity contribution in [1.82, 2.24) is 19.8 Å². The Labute approximate surface area is 140 Å². The monoisotopic (exact) mass is 366 g/mol. The molecule has 0 aliphatic heterocycles. The summed E-state index contributed by atoms with van der Waals surface area (Å²) in [5.41, 5.74) is 4.72.